The Hall–Kier alpha value is -2.35. The molecule has 0 atom stereocenters. The number of thiophene rings is 1. The van der Waals surface area contributed by atoms with Gasteiger partial charge in [0.05, 0.1) is 35.4 Å². The lowest BCUT2D eigenvalue weighted by Crippen LogP contribution is -2.31. The van der Waals surface area contributed by atoms with E-state index >= 15 is 0 Å². The number of benzene rings is 1. The first kappa shape index (κ1) is 18.0. The number of rotatable bonds is 6. The number of amides is 1. The molecule has 1 aromatic carbocycles. The molecule has 138 valence electrons. The van der Waals surface area contributed by atoms with Gasteiger partial charge >= 0.3 is 0 Å². The van der Waals surface area contributed by atoms with Gasteiger partial charge in [0.15, 0.2) is 5.13 Å². The highest BCUT2D eigenvalue weighted by molar-refractivity contribution is 7.22. The van der Waals surface area contributed by atoms with Crippen LogP contribution in [0, 0.1) is 0 Å². The third-order valence-corrected chi connectivity index (χ3v) is 6.25. The normalized spacial score (nSPS) is 11.0. The first-order chi connectivity index (χ1) is 13.1. The molecule has 4 aromatic rings. The summed E-state index contributed by atoms with van der Waals surface area (Å²) >= 11 is 8.85. The standard InChI is InChI=1S/C19H15ClN2O3S2/c1-24-14-5-2-6-15-18(14)21-19(27-15)22(11-12-4-3-9-25-12)17(23)10-13-7-8-16(20)26-13/h2-9H,10-11H2,1H3. The molecular formula is C19H15ClN2O3S2. The zero-order chi connectivity index (χ0) is 18.8. The number of carbonyl (C=O) groups is 1. The molecule has 0 spiro atoms. The van der Waals surface area contributed by atoms with Crippen molar-refractivity contribution in [2.75, 3.05) is 12.0 Å². The Kier molecular flexibility index (Phi) is 5.15. The van der Waals surface area contributed by atoms with Gasteiger partial charge < -0.3 is 9.15 Å². The molecule has 0 fully saturated rings. The van der Waals surface area contributed by atoms with Crippen molar-refractivity contribution in [3.8, 4) is 5.75 Å². The van der Waals surface area contributed by atoms with Crippen LogP contribution >= 0.6 is 34.3 Å². The summed E-state index contributed by atoms with van der Waals surface area (Å²) in [6.07, 6.45) is 1.85. The van der Waals surface area contributed by atoms with Gasteiger partial charge in [0.2, 0.25) is 5.91 Å². The molecule has 0 saturated carbocycles. The molecule has 0 aliphatic carbocycles. The third kappa shape index (κ3) is 3.85. The maximum atomic E-state index is 13.1. The monoisotopic (exact) mass is 418 g/mol. The third-order valence-electron chi connectivity index (χ3n) is 3.97. The quantitative estimate of drug-likeness (QED) is 0.421. The second-order valence-corrected chi connectivity index (χ2v) is 8.55. The summed E-state index contributed by atoms with van der Waals surface area (Å²) in [7, 11) is 1.61. The molecular weight excluding hydrogens is 404 g/mol. The Labute approximate surface area is 168 Å². The maximum Gasteiger partial charge on any atom is 0.234 e. The number of para-hydroxylation sites is 1. The fraction of sp³-hybridized carbons (Fsp3) is 0.158. The summed E-state index contributed by atoms with van der Waals surface area (Å²) in [5, 5.41) is 0.610. The lowest BCUT2D eigenvalue weighted by molar-refractivity contribution is -0.118. The van der Waals surface area contributed by atoms with Gasteiger partial charge in [-0.2, -0.15) is 0 Å². The Bertz CT molecular complexity index is 1070. The topological polar surface area (TPSA) is 55.6 Å². The minimum atomic E-state index is -0.0667. The molecule has 0 aliphatic heterocycles. The van der Waals surface area contributed by atoms with Crippen LogP contribution in [0.2, 0.25) is 4.34 Å². The largest absolute Gasteiger partial charge is 0.494 e. The lowest BCUT2D eigenvalue weighted by atomic mass is 10.3. The van der Waals surface area contributed by atoms with E-state index in [0.29, 0.717) is 27.5 Å². The van der Waals surface area contributed by atoms with E-state index < -0.39 is 0 Å². The van der Waals surface area contributed by atoms with Crippen LogP contribution in [0.5, 0.6) is 5.75 Å². The first-order valence-electron chi connectivity index (χ1n) is 8.14. The van der Waals surface area contributed by atoms with E-state index in [1.807, 2.05) is 30.3 Å². The van der Waals surface area contributed by atoms with Crippen molar-refractivity contribution >= 4 is 55.5 Å². The number of halogens is 1. The van der Waals surface area contributed by atoms with E-state index in [2.05, 4.69) is 4.98 Å². The smallest absolute Gasteiger partial charge is 0.234 e. The van der Waals surface area contributed by atoms with Gasteiger partial charge in [0.1, 0.15) is 17.0 Å². The summed E-state index contributed by atoms with van der Waals surface area (Å²) in [5.74, 6) is 1.31. The van der Waals surface area contributed by atoms with E-state index in [-0.39, 0.29) is 12.3 Å². The molecule has 0 unspecified atom stereocenters. The zero-order valence-corrected chi connectivity index (χ0v) is 16.7. The van der Waals surface area contributed by atoms with Crippen molar-refractivity contribution in [1.29, 1.82) is 0 Å². The van der Waals surface area contributed by atoms with E-state index in [1.165, 1.54) is 22.7 Å². The van der Waals surface area contributed by atoms with Crippen LogP contribution in [-0.2, 0) is 17.8 Å². The molecule has 0 aliphatic rings. The van der Waals surface area contributed by atoms with Crippen molar-refractivity contribution in [2.24, 2.45) is 0 Å². The number of aromatic nitrogens is 1. The molecule has 4 rings (SSSR count). The SMILES string of the molecule is COc1cccc2sc(N(Cc3ccco3)C(=O)Cc3ccc(Cl)s3)nc12. The number of furan rings is 1. The van der Waals surface area contributed by atoms with Crippen LogP contribution in [0.1, 0.15) is 10.6 Å². The summed E-state index contributed by atoms with van der Waals surface area (Å²) in [5.41, 5.74) is 0.747. The van der Waals surface area contributed by atoms with Crippen LogP contribution in [0.3, 0.4) is 0 Å². The second kappa shape index (κ2) is 7.72. The molecule has 3 aromatic heterocycles. The van der Waals surface area contributed by atoms with Crippen LogP contribution < -0.4 is 9.64 Å². The van der Waals surface area contributed by atoms with Crippen LogP contribution in [0.25, 0.3) is 10.2 Å². The minimum absolute atomic E-state index is 0.0667. The maximum absolute atomic E-state index is 13.1. The predicted molar refractivity (Wildman–Crippen MR) is 109 cm³/mol. The summed E-state index contributed by atoms with van der Waals surface area (Å²) in [6, 6.07) is 13.1. The van der Waals surface area contributed by atoms with Crippen LogP contribution in [0.4, 0.5) is 5.13 Å². The average molecular weight is 419 g/mol. The zero-order valence-electron chi connectivity index (χ0n) is 14.3. The Balaban J connectivity index is 1.70. The highest BCUT2D eigenvalue weighted by Gasteiger charge is 2.23. The van der Waals surface area contributed by atoms with Gasteiger partial charge in [-0.05, 0) is 36.4 Å². The van der Waals surface area contributed by atoms with Crippen molar-refractivity contribution in [1.82, 2.24) is 4.98 Å². The molecule has 5 nitrogen and oxygen atoms in total. The number of carbonyl (C=O) groups excluding carboxylic acids is 1. The summed E-state index contributed by atoms with van der Waals surface area (Å²) < 4.78 is 12.5. The van der Waals surface area contributed by atoms with Gasteiger partial charge in [-0.3, -0.25) is 9.69 Å². The number of hydrogen-bond acceptors (Lipinski definition) is 6. The average Bonchev–Trinajstić information content (AvgIpc) is 3.39. The van der Waals surface area contributed by atoms with Crippen molar-refractivity contribution < 1.29 is 13.9 Å². The van der Waals surface area contributed by atoms with Gasteiger partial charge in [-0.15, -0.1) is 11.3 Å². The Morgan fingerprint density at radius 2 is 2.11 bits per heavy atom. The van der Waals surface area contributed by atoms with Crippen LogP contribution in [-0.4, -0.2) is 18.0 Å². The van der Waals surface area contributed by atoms with E-state index in [1.54, 1.807) is 30.4 Å². The fourth-order valence-electron chi connectivity index (χ4n) is 2.70. The van der Waals surface area contributed by atoms with E-state index in [0.717, 1.165) is 15.1 Å². The van der Waals surface area contributed by atoms with Gasteiger partial charge in [0.25, 0.3) is 0 Å². The van der Waals surface area contributed by atoms with Crippen molar-refractivity contribution in [2.45, 2.75) is 13.0 Å². The molecule has 0 N–H and O–H groups in total. The molecule has 3 heterocycles. The Morgan fingerprint density at radius 3 is 2.81 bits per heavy atom. The van der Waals surface area contributed by atoms with Crippen molar-refractivity contribution in [3.05, 3.63) is 63.7 Å². The minimum Gasteiger partial charge on any atom is -0.494 e. The molecule has 8 heteroatoms. The number of anilines is 1. The number of methoxy groups -OCH3 is 1. The van der Waals surface area contributed by atoms with E-state index in [4.69, 9.17) is 20.8 Å². The molecule has 0 radical (unpaired) electrons. The summed E-state index contributed by atoms with van der Waals surface area (Å²) in [6.45, 7) is 0.313. The number of thiazole rings is 1. The highest BCUT2D eigenvalue weighted by atomic mass is 35.5. The predicted octanol–water partition coefficient (Wildman–Crippen LogP) is 5.39. The molecule has 0 bridgehead atoms. The van der Waals surface area contributed by atoms with E-state index in [9.17, 15) is 4.79 Å². The first-order valence-corrected chi connectivity index (χ1v) is 10.2. The highest BCUT2D eigenvalue weighted by Crippen LogP contribution is 2.35. The Morgan fingerprint density at radius 1 is 1.22 bits per heavy atom. The molecule has 0 saturated heterocycles. The van der Waals surface area contributed by atoms with Gasteiger partial charge in [-0.1, -0.05) is 29.0 Å². The molecule has 27 heavy (non-hydrogen) atoms. The van der Waals surface area contributed by atoms with Crippen LogP contribution in [0.15, 0.2) is 53.1 Å². The number of fused-ring (bicyclic) bond motifs is 1. The lowest BCUT2D eigenvalue weighted by Gasteiger charge is -2.18. The fourth-order valence-corrected chi connectivity index (χ4v) is 4.78. The number of nitrogens with zero attached hydrogens (tertiary/aromatic N) is 2. The van der Waals surface area contributed by atoms with Crippen molar-refractivity contribution in [3.63, 3.8) is 0 Å². The van der Waals surface area contributed by atoms with Gasteiger partial charge in [0, 0.05) is 4.88 Å². The molecule has 1 amide bonds. The summed E-state index contributed by atoms with van der Waals surface area (Å²) in [4.78, 5) is 20.3. The number of ether oxygens (including phenoxy) is 1. The van der Waals surface area contributed by atoms with Gasteiger partial charge in [-0.25, -0.2) is 4.98 Å². The second-order valence-electron chi connectivity index (χ2n) is 5.75. The number of hydrogen-bond donors (Lipinski definition) is 0.